The minimum Gasteiger partial charge on any atom is -0.468 e. The predicted molar refractivity (Wildman–Crippen MR) is 71.8 cm³/mol. The maximum Gasteiger partial charge on any atom is 0.114 e. The lowest BCUT2D eigenvalue weighted by atomic mass is 10.1. The van der Waals surface area contributed by atoms with E-state index in [0.29, 0.717) is 6.54 Å². The van der Waals surface area contributed by atoms with Gasteiger partial charge in [-0.05, 0) is 43.7 Å². The molecule has 2 rings (SSSR count). The van der Waals surface area contributed by atoms with E-state index in [1.54, 1.807) is 18.0 Å². The molecule has 0 bridgehead atoms. The molecule has 0 radical (unpaired) electrons. The van der Waals surface area contributed by atoms with Gasteiger partial charge < -0.3 is 10.2 Å². The molecule has 0 fully saturated rings. The summed E-state index contributed by atoms with van der Waals surface area (Å²) in [7, 11) is 0. The molecule has 0 saturated heterocycles. The predicted octanol–water partition coefficient (Wildman–Crippen LogP) is 3.89. The fraction of sp³-hybridized carbons (Fsp3) is 0.231. The number of halogens is 1. The highest BCUT2D eigenvalue weighted by Crippen LogP contribution is 2.34. The Morgan fingerprint density at radius 1 is 1.29 bits per heavy atom. The monoisotopic (exact) mass is 267 g/mol. The van der Waals surface area contributed by atoms with Crippen molar-refractivity contribution < 1.29 is 4.42 Å². The number of rotatable bonds is 4. The number of aryl methyl sites for hydroxylation is 1. The second-order valence-electron chi connectivity index (χ2n) is 3.73. The SMILES string of the molecule is Cc1occc1Sc1cc(Cl)ccc1CCN. The molecule has 2 N–H and O–H groups in total. The lowest BCUT2D eigenvalue weighted by Gasteiger charge is -2.08. The van der Waals surface area contributed by atoms with Gasteiger partial charge in [-0.3, -0.25) is 0 Å². The first-order chi connectivity index (χ1) is 8.20. The van der Waals surface area contributed by atoms with Gasteiger partial charge in [-0.25, -0.2) is 0 Å². The van der Waals surface area contributed by atoms with Crippen LogP contribution in [0.3, 0.4) is 0 Å². The van der Waals surface area contributed by atoms with E-state index in [9.17, 15) is 0 Å². The number of hydrogen-bond donors (Lipinski definition) is 1. The zero-order valence-electron chi connectivity index (χ0n) is 9.57. The smallest absolute Gasteiger partial charge is 0.114 e. The molecule has 17 heavy (non-hydrogen) atoms. The average molecular weight is 268 g/mol. The van der Waals surface area contributed by atoms with Crippen LogP contribution in [0.2, 0.25) is 5.02 Å². The molecule has 0 unspecified atom stereocenters. The van der Waals surface area contributed by atoms with Crippen LogP contribution in [0.25, 0.3) is 0 Å². The summed E-state index contributed by atoms with van der Waals surface area (Å²) in [6.07, 6.45) is 2.56. The average Bonchev–Trinajstić information content (AvgIpc) is 2.69. The Labute approximate surface area is 110 Å². The van der Waals surface area contributed by atoms with Crippen LogP contribution in [0.1, 0.15) is 11.3 Å². The summed E-state index contributed by atoms with van der Waals surface area (Å²) >= 11 is 7.70. The molecule has 0 aliphatic rings. The van der Waals surface area contributed by atoms with E-state index in [2.05, 4.69) is 0 Å². The van der Waals surface area contributed by atoms with Gasteiger partial charge in [0, 0.05) is 9.92 Å². The largest absolute Gasteiger partial charge is 0.468 e. The standard InChI is InChI=1S/C13H14ClNOS/c1-9-12(5-7-16-9)17-13-8-11(14)3-2-10(13)4-6-15/h2-3,5,7-8H,4,6,15H2,1H3. The van der Waals surface area contributed by atoms with Crippen LogP contribution in [0.15, 0.2) is 44.7 Å². The van der Waals surface area contributed by atoms with Gasteiger partial charge in [-0.2, -0.15) is 0 Å². The van der Waals surface area contributed by atoms with Gasteiger partial charge in [0.15, 0.2) is 0 Å². The van der Waals surface area contributed by atoms with E-state index in [1.165, 1.54) is 5.56 Å². The van der Waals surface area contributed by atoms with Crippen LogP contribution in [0.4, 0.5) is 0 Å². The summed E-state index contributed by atoms with van der Waals surface area (Å²) in [6, 6.07) is 7.88. The summed E-state index contributed by atoms with van der Waals surface area (Å²) in [4.78, 5) is 2.26. The second kappa shape index (κ2) is 5.63. The molecule has 2 nitrogen and oxygen atoms in total. The van der Waals surface area contributed by atoms with Gasteiger partial charge in [0.2, 0.25) is 0 Å². The highest BCUT2D eigenvalue weighted by molar-refractivity contribution is 7.99. The quantitative estimate of drug-likeness (QED) is 0.913. The Kier molecular flexibility index (Phi) is 4.15. The Morgan fingerprint density at radius 3 is 2.76 bits per heavy atom. The van der Waals surface area contributed by atoms with Crippen LogP contribution in [0, 0.1) is 6.92 Å². The third-order valence-corrected chi connectivity index (χ3v) is 3.95. The van der Waals surface area contributed by atoms with E-state index in [1.807, 2.05) is 31.2 Å². The van der Waals surface area contributed by atoms with E-state index in [-0.39, 0.29) is 0 Å². The fourth-order valence-electron chi connectivity index (χ4n) is 1.58. The number of furan rings is 1. The van der Waals surface area contributed by atoms with Crippen LogP contribution < -0.4 is 5.73 Å². The molecular weight excluding hydrogens is 254 g/mol. The number of hydrogen-bond acceptors (Lipinski definition) is 3. The molecule has 0 amide bonds. The Bertz CT molecular complexity index is 510. The molecule has 1 heterocycles. The van der Waals surface area contributed by atoms with Crippen LogP contribution in [-0.2, 0) is 6.42 Å². The van der Waals surface area contributed by atoms with Crippen molar-refractivity contribution in [3.8, 4) is 0 Å². The minimum absolute atomic E-state index is 0.638. The molecule has 0 atom stereocenters. The lowest BCUT2D eigenvalue weighted by molar-refractivity contribution is 0.527. The molecule has 90 valence electrons. The number of nitrogens with two attached hydrogens (primary N) is 1. The highest BCUT2D eigenvalue weighted by atomic mass is 35.5. The van der Waals surface area contributed by atoms with E-state index >= 15 is 0 Å². The highest BCUT2D eigenvalue weighted by Gasteiger charge is 2.08. The zero-order chi connectivity index (χ0) is 12.3. The van der Waals surface area contributed by atoms with Gasteiger partial charge in [0.25, 0.3) is 0 Å². The van der Waals surface area contributed by atoms with Crippen molar-refractivity contribution in [1.29, 1.82) is 0 Å². The fourth-order valence-corrected chi connectivity index (χ4v) is 2.86. The van der Waals surface area contributed by atoms with Crippen molar-refractivity contribution in [3.05, 3.63) is 46.9 Å². The summed E-state index contributed by atoms with van der Waals surface area (Å²) in [6.45, 7) is 2.59. The first-order valence-corrected chi connectivity index (χ1v) is 6.60. The molecule has 1 aromatic carbocycles. The van der Waals surface area contributed by atoms with Crippen molar-refractivity contribution in [1.82, 2.24) is 0 Å². The Morgan fingerprint density at radius 2 is 2.12 bits per heavy atom. The van der Waals surface area contributed by atoms with Gasteiger partial charge >= 0.3 is 0 Å². The van der Waals surface area contributed by atoms with Crippen LogP contribution in [0.5, 0.6) is 0 Å². The van der Waals surface area contributed by atoms with Gasteiger partial charge in [-0.1, -0.05) is 29.4 Å². The molecule has 4 heteroatoms. The van der Waals surface area contributed by atoms with Crippen molar-refractivity contribution >= 4 is 23.4 Å². The Balaban J connectivity index is 2.30. The first-order valence-electron chi connectivity index (χ1n) is 5.41. The maximum atomic E-state index is 6.03. The molecule has 0 aliphatic heterocycles. The zero-order valence-corrected chi connectivity index (χ0v) is 11.1. The second-order valence-corrected chi connectivity index (χ2v) is 5.25. The molecule has 1 aromatic heterocycles. The van der Waals surface area contributed by atoms with Gasteiger partial charge in [0.1, 0.15) is 5.76 Å². The normalized spacial score (nSPS) is 10.8. The van der Waals surface area contributed by atoms with Crippen molar-refractivity contribution in [2.45, 2.75) is 23.1 Å². The molecule has 0 saturated carbocycles. The van der Waals surface area contributed by atoms with Crippen molar-refractivity contribution in [2.24, 2.45) is 5.73 Å². The summed E-state index contributed by atoms with van der Waals surface area (Å²) in [5.41, 5.74) is 6.83. The Hall–Kier alpha value is -0.900. The van der Waals surface area contributed by atoms with E-state index in [0.717, 1.165) is 27.0 Å². The lowest BCUT2D eigenvalue weighted by Crippen LogP contribution is -2.03. The third kappa shape index (κ3) is 3.06. The van der Waals surface area contributed by atoms with Gasteiger partial charge in [0.05, 0.1) is 11.2 Å². The van der Waals surface area contributed by atoms with Crippen LogP contribution >= 0.6 is 23.4 Å². The third-order valence-electron chi connectivity index (χ3n) is 2.47. The molecule has 0 aliphatic carbocycles. The maximum absolute atomic E-state index is 6.03. The molecule has 2 aromatic rings. The van der Waals surface area contributed by atoms with E-state index < -0.39 is 0 Å². The van der Waals surface area contributed by atoms with Gasteiger partial charge in [-0.15, -0.1) is 0 Å². The summed E-state index contributed by atoms with van der Waals surface area (Å²) in [5.74, 6) is 0.925. The molecule has 0 spiro atoms. The van der Waals surface area contributed by atoms with E-state index in [4.69, 9.17) is 21.8 Å². The summed E-state index contributed by atoms with van der Waals surface area (Å²) < 4.78 is 5.29. The van der Waals surface area contributed by atoms with Crippen LogP contribution in [-0.4, -0.2) is 6.54 Å². The first kappa shape index (κ1) is 12.6. The summed E-state index contributed by atoms with van der Waals surface area (Å²) in [5, 5.41) is 0.745. The molecular formula is C13H14ClNOS. The van der Waals surface area contributed by atoms with Crippen molar-refractivity contribution in [3.63, 3.8) is 0 Å². The minimum atomic E-state index is 0.638. The topological polar surface area (TPSA) is 39.2 Å². The number of benzene rings is 1. The van der Waals surface area contributed by atoms with Crippen molar-refractivity contribution in [2.75, 3.05) is 6.54 Å².